The van der Waals surface area contributed by atoms with Crippen molar-refractivity contribution in [2.45, 2.75) is 24.3 Å². The van der Waals surface area contributed by atoms with Gasteiger partial charge in [-0.05, 0) is 26.5 Å². The number of nitrogens with zero attached hydrogens (tertiary/aromatic N) is 3. The van der Waals surface area contributed by atoms with Gasteiger partial charge in [-0.3, -0.25) is 18.9 Å². The van der Waals surface area contributed by atoms with Gasteiger partial charge in [-0.2, -0.15) is 4.31 Å². The summed E-state index contributed by atoms with van der Waals surface area (Å²) in [5, 5.41) is 3.54. The smallest absolute Gasteiger partial charge is 0.236 e. The summed E-state index contributed by atoms with van der Waals surface area (Å²) >= 11 is 0. The van der Waals surface area contributed by atoms with Gasteiger partial charge < -0.3 is 10.2 Å². The number of carbonyl (C=O) groups excluding carboxylic acids is 1. The summed E-state index contributed by atoms with van der Waals surface area (Å²) in [6.45, 7) is 3.42. The number of carbonyl (C=O) groups is 1. The molecule has 3 rings (SSSR count). The van der Waals surface area contributed by atoms with E-state index in [1.165, 1.54) is 6.20 Å². The molecular weight excluding hydrogens is 442 g/mol. The topological polar surface area (TPSA) is 88.9 Å². The highest BCUT2D eigenvalue weighted by molar-refractivity contribution is 8.22. The van der Waals surface area contributed by atoms with Crippen molar-refractivity contribution in [1.29, 1.82) is 0 Å². The molecule has 29 heavy (non-hydrogen) atoms. The van der Waals surface area contributed by atoms with Crippen LogP contribution in [-0.4, -0.2) is 68.5 Å². The van der Waals surface area contributed by atoms with Gasteiger partial charge in [0.1, 0.15) is 0 Å². The minimum Gasteiger partial charge on any atom is -0.340 e. The molecule has 11 heteroatoms. The number of pyridine rings is 1. The first-order valence-corrected chi connectivity index (χ1v) is 10.4. The van der Waals surface area contributed by atoms with E-state index < -0.39 is 16.6 Å². The van der Waals surface area contributed by atoms with Gasteiger partial charge in [0.2, 0.25) is 5.91 Å². The van der Waals surface area contributed by atoms with Crippen molar-refractivity contribution < 1.29 is 18.3 Å². The zero-order valence-electron chi connectivity index (χ0n) is 16.2. The molecule has 0 unspecified atom stereocenters. The number of amides is 1. The summed E-state index contributed by atoms with van der Waals surface area (Å²) in [6, 6.07) is 4.60. The molecule has 0 aliphatic carbocycles. The molecule has 1 aliphatic heterocycles. The summed E-state index contributed by atoms with van der Waals surface area (Å²) in [4.78, 5) is 17.9. The van der Waals surface area contributed by atoms with E-state index >= 15 is 0 Å². The fourth-order valence-electron chi connectivity index (χ4n) is 3.52. The lowest BCUT2D eigenvalue weighted by atomic mass is 10.2. The molecule has 1 fully saturated rings. The Balaban J connectivity index is 0.00000210. The lowest BCUT2D eigenvalue weighted by molar-refractivity contribution is -0.130. The number of benzene rings is 1. The summed E-state index contributed by atoms with van der Waals surface area (Å²) < 4.78 is 38.3. The van der Waals surface area contributed by atoms with Crippen molar-refractivity contribution in [2.75, 3.05) is 33.2 Å². The van der Waals surface area contributed by atoms with Crippen LogP contribution >= 0.6 is 35.6 Å². The molecule has 7 nitrogen and oxygen atoms in total. The first-order valence-electron chi connectivity index (χ1n) is 8.86. The number of halogens is 3. The molecule has 0 spiro atoms. The van der Waals surface area contributed by atoms with E-state index in [2.05, 4.69) is 10.3 Å². The highest BCUT2D eigenvalue weighted by Crippen LogP contribution is 2.55. The molecule has 0 bridgehead atoms. The molecule has 0 radical (unpaired) electrons. The van der Waals surface area contributed by atoms with Crippen molar-refractivity contribution in [3.05, 3.63) is 36.4 Å². The maximum atomic E-state index is 14.4. The van der Waals surface area contributed by atoms with Gasteiger partial charge in [-0.15, -0.1) is 35.6 Å². The van der Waals surface area contributed by atoms with Crippen molar-refractivity contribution in [2.24, 2.45) is 0 Å². The first kappa shape index (κ1) is 25.8. The predicted octanol–water partition coefficient (Wildman–Crippen LogP) is 3.38. The van der Waals surface area contributed by atoms with Crippen molar-refractivity contribution in [3.8, 4) is 0 Å². The van der Waals surface area contributed by atoms with E-state index in [1.54, 1.807) is 34.5 Å². The minimum atomic E-state index is -3.43. The SMILES string of the molecule is CNCC(=O)N1CCCN(S(O)(O)c2cccc3cncc(F)c23)[C@@H](C)C1.Cl.Cl. The predicted molar refractivity (Wildman–Crippen MR) is 119 cm³/mol. The van der Waals surface area contributed by atoms with E-state index in [4.69, 9.17) is 0 Å². The van der Waals surface area contributed by atoms with Crippen molar-refractivity contribution in [3.63, 3.8) is 0 Å². The number of rotatable bonds is 4. The molecule has 2 heterocycles. The lowest BCUT2D eigenvalue weighted by Gasteiger charge is -2.46. The van der Waals surface area contributed by atoms with Gasteiger partial charge in [0.15, 0.2) is 5.82 Å². The number of likely N-dealkylation sites (N-methyl/N-ethyl adjacent to an activating group) is 1. The third kappa shape index (κ3) is 5.29. The first-order chi connectivity index (χ1) is 12.9. The Labute approximate surface area is 184 Å². The fraction of sp³-hybridized carbons (Fsp3) is 0.444. The Morgan fingerprint density at radius 1 is 1.31 bits per heavy atom. The van der Waals surface area contributed by atoms with Gasteiger partial charge >= 0.3 is 0 Å². The number of hydrogen-bond donors (Lipinski definition) is 3. The van der Waals surface area contributed by atoms with Crippen LogP contribution in [0.15, 0.2) is 35.5 Å². The second kappa shape index (κ2) is 10.7. The maximum absolute atomic E-state index is 14.4. The van der Waals surface area contributed by atoms with Crippen molar-refractivity contribution >= 4 is 52.3 Å². The number of aromatic nitrogens is 1. The summed E-state index contributed by atoms with van der Waals surface area (Å²) in [7, 11) is -1.72. The van der Waals surface area contributed by atoms with Crippen molar-refractivity contribution in [1.82, 2.24) is 19.5 Å². The van der Waals surface area contributed by atoms with Crippen LogP contribution in [0.2, 0.25) is 0 Å². The fourth-order valence-corrected chi connectivity index (χ4v) is 5.48. The van der Waals surface area contributed by atoms with Crippen LogP contribution in [0.1, 0.15) is 13.3 Å². The molecule has 1 saturated heterocycles. The second-order valence-corrected chi connectivity index (χ2v) is 8.65. The molecule has 1 aromatic carbocycles. The summed E-state index contributed by atoms with van der Waals surface area (Å²) in [5.41, 5.74) is 0. The molecular formula is C18H27Cl2FN4O3S. The number of hydrogen-bond acceptors (Lipinski definition) is 6. The van der Waals surface area contributed by atoms with Gasteiger partial charge in [-0.1, -0.05) is 12.1 Å². The Morgan fingerprint density at radius 3 is 2.72 bits per heavy atom. The molecule has 1 atom stereocenters. The largest absolute Gasteiger partial charge is 0.340 e. The van der Waals surface area contributed by atoms with Gasteiger partial charge in [0, 0.05) is 42.6 Å². The Bertz CT molecular complexity index is 841. The van der Waals surface area contributed by atoms with Crippen LogP contribution in [0.3, 0.4) is 0 Å². The molecule has 0 saturated carbocycles. The Hall–Kier alpha value is -1.20. The number of nitrogens with one attached hydrogen (secondary N) is 1. The van der Waals surface area contributed by atoms with Crippen LogP contribution in [0.4, 0.5) is 4.39 Å². The quantitative estimate of drug-likeness (QED) is 0.637. The minimum absolute atomic E-state index is 0. The second-order valence-electron chi connectivity index (χ2n) is 6.71. The van der Waals surface area contributed by atoms with Crippen LogP contribution in [-0.2, 0) is 4.79 Å². The van der Waals surface area contributed by atoms with E-state index in [1.807, 2.05) is 6.92 Å². The van der Waals surface area contributed by atoms with Gasteiger partial charge in [0.05, 0.1) is 17.6 Å². The summed E-state index contributed by atoms with van der Waals surface area (Å²) in [6.07, 6.45) is 3.18. The standard InChI is InChI=1S/C18H25FN4O3S.2ClH/c1-13-12-22(17(24)11-20-2)7-4-8-23(13)27(25,26)16-6-3-5-14-9-21-10-15(19)18(14)16;;/h3,5-6,9-10,13,20,25-26H,4,7-8,11-12H2,1-2H3;2*1H/t13-;;/m0../s1. The average molecular weight is 469 g/mol. The molecule has 2 aromatic rings. The van der Waals surface area contributed by atoms with E-state index in [-0.39, 0.29) is 53.6 Å². The Kier molecular flexibility index (Phi) is 9.55. The highest BCUT2D eigenvalue weighted by Gasteiger charge is 2.34. The molecule has 3 N–H and O–H groups in total. The monoisotopic (exact) mass is 468 g/mol. The molecule has 164 valence electrons. The average Bonchev–Trinajstić information content (AvgIpc) is 2.84. The van der Waals surface area contributed by atoms with E-state index in [0.29, 0.717) is 31.4 Å². The van der Waals surface area contributed by atoms with Crippen LogP contribution in [0, 0.1) is 5.82 Å². The highest BCUT2D eigenvalue weighted by atomic mass is 35.5. The number of fused-ring (bicyclic) bond motifs is 1. The summed E-state index contributed by atoms with van der Waals surface area (Å²) in [5.74, 6) is -0.610. The molecule has 1 aromatic heterocycles. The third-order valence-electron chi connectivity index (χ3n) is 4.78. The zero-order chi connectivity index (χ0) is 19.6. The van der Waals surface area contributed by atoms with Crippen LogP contribution in [0.5, 0.6) is 0 Å². The maximum Gasteiger partial charge on any atom is 0.236 e. The Morgan fingerprint density at radius 2 is 2.03 bits per heavy atom. The van der Waals surface area contributed by atoms with Crippen LogP contribution in [0.25, 0.3) is 10.8 Å². The van der Waals surface area contributed by atoms with E-state index in [0.717, 1.165) is 6.20 Å². The molecule has 1 amide bonds. The van der Waals surface area contributed by atoms with Crippen LogP contribution < -0.4 is 5.32 Å². The van der Waals surface area contributed by atoms with Gasteiger partial charge in [-0.25, -0.2) is 4.39 Å². The van der Waals surface area contributed by atoms with E-state index in [9.17, 15) is 18.3 Å². The molecule has 1 aliphatic rings. The lowest BCUT2D eigenvalue weighted by Crippen LogP contribution is -2.44. The normalized spacial score (nSPS) is 18.5. The third-order valence-corrected chi connectivity index (χ3v) is 6.91. The van der Waals surface area contributed by atoms with Gasteiger partial charge in [0.25, 0.3) is 0 Å². The zero-order valence-corrected chi connectivity index (χ0v) is 18.7.